The fourth-order valence-electron chi connectivity index (χ4n) is 4.12. The lowest BCUT2D eigenvalue weighted by molar-refractivity contribution is 0.0734. The van der Waals surface area contributed by atoms with Crippen LogP contribution in [0.4, 0.5) is 0 Å². The first-order valence-electron chi connectivity index (χ1n) is 8.95. The van der Waals surface area contributed by atoms with Gasteiger partial charge in [-0.05, 0) is 36.5 Å². The van der Waals surface area contributed by atoms with Gasteiger partial charge in [-0.15, -0.1) is 0 Å². The summed E-state index contributed by atoms with van der Waals surface area (Å²) in [6, 6.07) is 14.2. The van der Waals surface area contributed by atoms with Crippen LogP contribution in [0.5, 0.6) is 0 Å². The van der Waals surface area contributed by atoms with Crippen LogP contribution < -0.4 is 5.56 Å². The molecule has 0 unspecified atom stereocenters. The SMILES string of the molecule is O=C(c1ccc[nH]c1=O)N1C[C@H]2CC[C@@H](C1)N(Cc1ccccc1)C2. The molecule has 1 N–H and O–H groups in total. The predicted octanol–water partition coefficient (Wildman–Crippen LogP) is 2.11. The highest BCUT2D eigenvalue weighted by Gasteiger charge is 2.36. The zero-order valence-electron chi connectivity index (χ0n) is 14.2. The third-order valence-electron chi connectivity index (χ3n) is 5.39. The molecule has 0 radical (unpaired) electrons. The number of fused-ring (bicyclic) bond motifs is 4. The first kappa shape index (κ1) is 16.1. The Bertz CT molecular complexity index is 802. The smallest absolute Gasteiger partial charge is 0.260 e. The summed E-state index contributed by atoms with van der Waals surface area (Å²) < 4.78 is 0. The molecule has 3 aliphatic rings. The molecule has 4 heterocycles. The number of carbonyl (C=O) groups excluding carboxylic acids is 1. The van der Waals surface area contributed by atoms with Crippen LogP contribution in [-0.4, -0.2) is 46.4 Å². The molecule has 2 atom stereocenters. The van der Waals surface area contributed by atoms with Crippen LogP contribution in [0, 0.1) is 5.92 Å². The van der Waals surface area contributed by atoms with Crippen molar-refractivity contribution in [2.24, 2.45) is 5.92 Å². The molecule has 1 aromatic carbocycles. The summed E-state index contributed by atoms with van der Waals surface area (Å²) >= 11 is 0. The van der Waals surface area contributed by atoms with Crippen LogP contribution >= 0.6 is 0 Å². The van der Waals surface area contributed by atoms with Crippen LogP contribution in [0.3, 0.4) is 0 Å². The highest BCUT2D eigenvalue weighted by molar-refractivity contribution is 5.93. The Hall–Kier alpha value is -2.40. The lowest BCUT2D eigenvalue weighted by atomic mass is 9.94. The maximum atomic E-state index is 12.8. The summed E-state index contributed by atoms with van der Waals surface area (Å²) in [7, 11) is 0. The second kappa shape index (κ2) is 6.84. The number of aromatic nitrogens is 1. The Balaban J connectivity index is 1.52. The molecule has 2 bridgehead atoms. The molecule has 130 valence electrons. The fraction of sp³-hybridized carbons (Fsp3) is 0.400. The van der Waals surface area contributed by atoms with Gasteiger partial charge in [0.1, 0.15) is 5.56 Å². The number of aromatic amines is 1. The quantitative estimate of drug-likeness (QED) is 0.933. The minimum atomic E-state index is -0.301. The zero-order valence-corrected chi connectivity index (χ0v) is 14.2. The third-order valence-corrected chi connectivity index (χ3v) is 5.39. The van der Waals surface area contributed by atoms with Crippen molar-refractivity contribution < 1.29 is 4.79 Å². The average molecular weight is 337 g/mol. The van der Waals surface area contributed by atoms with Gasteiger partial charge >= 0.3 is 0 Å². The van der Waals surface area contributed by atoms with E-state index in [9.17, 15) is 9.59 Å². The molecular formula is C20H23N3O2. The molecule has 5 nitrogen and oxygen atoms in total. The number of rotatable bonds is 3. The van der Waals surface area contributed by atoms with Gasteiger partial charge < -0.3 is 9.88 Å². The fourth-order valence-corrected chi connectivity index (χ4v) is 4.12. The summed E-state index contributed by atoms with van der Waals surface area (Å²) in [5.74, 6) is 0.342. The van der Waals surface area contributed by atoms with Gasteiger partial charge in [0.2, 0.25) is 0 Å². The summed E-state index contributed by atoms with van der Waals surface area (Å²) in [4.78, 5) is 31.8. The van der Waals surface area contributed by atoms with E-state index in [1.165, 1.54) is 5.56 Å². The van der Waals surface area contributed by atoms with Gasteiger partial charge in [-0.25, -0.2) is 0 Å². The summed E-state index contributed by atoms with van der Waals surface area (Å²) in [6.07, 6.45) is 3.84. The number of hydrogen-bond donors (Lipinski definition) is 1. The van der Waals surface area contributed by atoms with Crippen LogP contribution in [0.2, 0.25) is 0 Å². The Morgan fingerprint density at radius 3 is 2.68 bits per heavy atom. The van der Waals surface area contributed by atoms with E-state index >= 15 is 0 Å². The van der Waals surface area contributed by atoms with Gasteiger partial charge in [-0.1, -0.05) is 30.3 Å². The molecule has 3 aliphatic heterocycles. The molecular weight excluding hydrogens is 314 g/mol. The molecule has 2 aromatic rings. The first-order valence-corrected chi connectivity index (χ1v) is 8.95. The Kier molecular flexibility index (Phi) is 4.40. The number of benzene rings is 1. The molecule has 0 aliphatic carbocycles. The van der Waals surface area contributed by atoms with E-state index in [0.29, 0.717) is 18.5 Å². The predicted molar refractivity (Wildman–Crippen MR) is 96.3 cm³/mol. The first-order chi connectivity index (χ1) is 12.2. The topological polar surface area (TPSA) is 56.4 Å². The lowest BCUT2D eigenvalue weighted by Crippen LogP contribution is -2.44. The molecule has 0 saturated carbocycles. The van der Waals surface area contributed by atoms with Crippen LogP contribution in [0.15, 0.2) is 53.5 Å². The van der Waals surface area contributed by atoms with E-state index in [4.69, 9.17) is 0 Å². The van der Waals surface area contributed by atoms with E-state index in [2.05, 4.69) is 34.1 Å². The number of nitrogens with one attached hydrogen (secondary N) is 1. The number of H-pyrrole nitrogens is 1. The maximum Gasteiger partial charge on any atom is 0.260 e. The monoisotopic (exact) mass is 337 g/mol. The lowest BCUT2D eigenvalue weighted by Gasteiger charge is -2.36. The molecule has 3 fully saturated rings. The molecule has 5 heteroatoms. The van der Waals surface area contributed by atoms with Gasteiger partial charge in [0, 0.05) is 38.4 Å². The molecule has 25 heavy (non-hydrogen) atoms. The highest BCUT2D eigenvalue weighted by atomic mass is 16.2. The number of nitrogens with zero attached hydrogens (tertiary/aromatic N) is 2. The number of piperidine rings is 1. The van der Waals surface area contributed by atoms with Crippen molar-refractivity contribution in [2.45, 2.75) is 25.4 Å². The van der Waals surface area contributed by atoms with Gasteiger partial charge in [0.25, 0.3) is 11.5 Å². The Morgan fingerprint density at radius 1 is 1.04 bits per heavy atom. The van der Waals surface area contributed by atoms with Gasteiger partial charge in [0.05, 0.1) is 0 Å². The van der Waals surface area contributed by atoms with Crippen LogP contribution in [0.1, 0.15) is 28.8 Å². The molecule has 1 amide bonds. The van der Waals surface area contributed by atoms with Crippen molar-refractivity contribution in [3.8, 4) is 0 Å². The van der Waals surface area contributed by atoms with Crippen molar-refractivity contribution in [2.75, 3.05) is 19.6 Å². The standard InChI is InChI=1S/C20H23N3O2/c24-19-18(7-4-10-21-19)20(25)23-13-16-8-9-17(14-23)22(12-16)11-15-5-2-1-3-6-15/h1-7,10,16-17H,8-9,11-14H2,(H,21,24)/t16-,17-/m0/s1. The Morgan fingerprint density at radius 2 is 1.88 bits per heavy atom. The van der Waals surface area contributed by atoms with Crippen molar-refractivity contribution in [3.63, 3.8) is 0 Å². The van der Waals surface area contributed by atoms with E-state index < -0.39 is 0 Å². The summed E-state index contributed by atoms with van der Waals surface area (Å²) in [5.41, 5.74) is 1.26. The maximum absolute atomic E-state index is 12.8. The third kappa shape index (κ3) is 3.37. The van der Waals surface area contributed by atoms with E-state index in [1.807, 2.05) is 11.0 Å². The van der Waals surface area contributed by atoms with Crippen molar-refractivity contribution in [1.82, 2.24) is 14.8 Å². The Labute approximate surface area is 147 Å². The normalized spacial score (nSPS) is 23.4. The second-order valence-corrected chi connectivity index (χ2v) is 7.14. The van der Waals surface area contributed by atoms with Gasteiger partial charge in [-0.2, -0.15) is 0 Å². The summed E-state index contributed by atoms with van der Waals surface area (Å²) in [6.45, 7) is 3.40. The van der Waals surface area contributed by atoms with Gasteiger partial charge in [-0.3, -0.25) is 14.5 Å². The second-order valence-electron chi connectivity index (χ2n) is 7.14. The van der Waals surface area contributed by atoms with E-state index in [-0.39, 0.29) is 17.0 Å². The van der Waals surface area contributed by atoms with Crippen molar-refractivity contribution in [3.05, 3.63) is 70.1 Å². The molecule has 5 rings (SSSR count). The minimum Gasteiger partial charge on any atom is -0.337 e. The van der Waals surface area contributed by atoms with Crippen molar-refractivity contribution >= 4 is 5.91 Å². The van der Waals surface area contributed by atoms with Crippen LogP contribution in [0.25, 0.3) is 0 Å². The van der Waals surface area contributed by atoms with Crippen LogP contribution in [-0.2, 0) is 6.54 Å². The number of pyridine rings is 1. The molecule has 3 saturated heterocycles. The number of hydrogen-bond acceptors (Lipinski definition) is 3. The zero-order chi connectivity index (χ0) is 17.2. The van der Waals surface area contributed by atoms with E-state index in [1.54, 1.807) is 18.3 Å². The highest BCUT2D eigenvalue weighted by Crippen LogP contribution is 2.29. The van der Waals surface area contributed by atoms with Gasteiger partial charge in [0.15, 0.2) is 0 Å². The minimum absolute atomic E-state index is 0.139. The number of amides is 1. The summed E-state index contributed by atoms with van der Waals surface area (Å²) in [5, 5.41) is 0. The molecule has 0 spiro atoms. The molecule has 1 aromatic heterocycles. The number of carbonyl (C=O) groups is 1. The van der Waals surface area contributed by atoms with E-state index in [0.717, 1.165) is 32.5 Å². The average Bonchev–Trinajstić information content (AvgIpc) is 2.94. The van der Waals surface area contributed by atoms with Crippen molar-refractivity contribution in [1.29, 1.82) is 0 Å². The largest absolute Gasteiger partial charge is 0.337 e.